The molecule has 1 aliphatic heterocycles. The van der Waals surface area contributed by atoms with Crippen LogP contribution in [0.3, 0.4) is 0 Å². The van der Waals surface area contributed by atoms with E-state index in [1.807, 2.05) is 6.92 Å². The van der Waals surface area contributed by atoms with Crippen molar-refractivity contribution in [2.24, 2.45) is 4.99 Å². The topological polar surface area (TPSA) is 57.1 Å². The molecule has 1 aliphatic rings. The third-order valence-corrected chi connectivity index (χ3v) is 4.13. The van der Waals surface area contributed by atoms with Gasteiger partial charge in [-0.15, -0.1) is 24.0 Å². The molecule has 2 rings (SSSR count). The van der Waals surface area contributed by atoms with E-state index in [1.54, 1.807) is 18.2 Å². The number of aliphatic imine (C=N–C) groups is 1. The zero-order valence-corrected chi connectivity index (χ0v) is 16.8. The molecule has 1 atom stereocenters. The Morgan fingerprint density at radius 3 is 2.91 bits per heavy atom. The summed E-state index contributed by atoms with van der Waals surface area (Å²) in [6.07, 6.45) is 0.504. The quantitative estimate of drug-likeness (QED) is 0.298. The minimum absolute atomic E-state index is 0. The summed E-state index contributed by atoms with van der Waals surface area (Å²) in [4.78, 5) is 6.57. The standard InChI is InChI=1S/C15H21Cl2N3O2.HI/c1-2-18-15(20-8-6-11(21)10-20)19-7-9-22-13-5-3-4-12(16)14(13)17;/h3-5,11,21H,2,6-10H2,1H3,(H,18,19);1H/t11-;/m1./s1. The molecule has 1 aromatic carbocycles. The number of β-amino-alcohol motifs (C(OH)–C–C–N with tert-alkyl or cyclic N) is 1. The zero-order valence-electron chi connectivity index (χ0n) is 13.0. The molecular weight excluding hydrogens is 452 g/mol. The fourth-order valence-corrected chi connectivity index (χ4v) is 2.61. The highest BCUT2D eigenvalue weighted by Gasteiger charge is 2.22. The summed E-state index contributed by atoms with van der Waals surface area (Å²) in [5.41, 5.74) is 0. The molecule has 0 saturated carbocycles. The highest BCUT2D eigenvalue weighted by Crippen LogP contribution is 2.31. The molecule has 8 heteroatoms. The lowest BCUT2D eigenvalue weighted by molar-refractivity contribution is 0.187. The van der Waals surface area contributed by atoms with Crippen molar-refractivity contribution < 1.29 is 9.84 Å². The van der Waals surface area contributed by atoms with Crippen LogP contribution in [-0.2, 0) is 0 Å². The molecule has 0 amide bonds. The highest BCUT2D eigenvalue weighted by molar-refractivity contribution is 14.0. The Hall–Kier alpha value is -0.440. The van der Waals surface area contributed by atoms with Crippen LogP contribution >= 0.6 is 47.2 Å². The number of nitrogens with one attached hydrogen (secondary N) is 1. The first-order valence-corrected chi connectivity index (χ1v) is 8.15. The van der Waals surface area contributed by atoms with E-state index in [-0.39, 0.29) is 30.1 Å². The number of benzene rings is 1. The molecule has 0 bridgehead atoms. The number of halogens is 3. The third-order valence-electron chi connectivity index (χ3n) is 3.32. The van der Waals surface area contributed by atoms with Crippen molar-refractivity contribution in [1.82, 2.24) is 10.2 Å². The molecule has 0 aromatic heterocycles. The molecule has 0 spiro atoms. The molecule has 23 heavy (non-hydrogen) atoms. The van der Waals surface area contributed by atoms with Crippen molar-refractivity contribution in [2.45, 2.75) is 19.4 Å². The van der Waals surface area contributed by atoms with Gasteiger partial charge in [0.2, 0.25) is 0 Å². The molecule has 1 aromatic rings. The number of aliphatic hydroxyl groups excluding tert-OH is 1. The van der Waals surface area contributed by atoms with Gasteiger partial charge in [0, 0.05) is 19.6 Å². The van der Waals surface area contributed by atoms with Gasteiger partial charge in [-0.25, -0.2) is 4.99 Å². The van der Waals surface area contributed by atoms with Crippen molar-refractivity contribution >= 4 is 53.1 Å². The lowest BCUT2D eigenvalue weighted by Crippen LogP contribution is -2.40. The van der Waals surface area contributed by atoms with E-state index in [0.29, 0.717) is 35.5 Å². The summed E-state index contributed by atoms with van der Waals surface area (Å²) in [5, 5.41) is 13.7. The molecule has 1 saturated heterocycles. The normalized spacial score (nSPS) is 17.8. The SMILES string of the molecule is CCNC(=NCCOc1cccc(Cl)c1Cl)N1CC[C@@H](O)C1.I. The van der Waals surface area contributed by atoms with Crippen molar-refractivity contribution in [3.63, 3.8) is 0 Å². The fraction of sp³-hybridized carbons (Fsp3) is 0.533. The summed E-state index contributed by atoms with van der Waals surface area (Å²) < 4.78 is 5.61. The summed E-state index contributed by atoms with van der Waals surface area (Å²) in [7, 11) is 0. The number of likely N-dealkylation sites (tertiary alicyclic amines) is 1. The predicted octanol–water partition coefficient (Wildman–Crippen LogP) is 3.02. The van der Waals surface area contributed by atoms with Gasteiger partial charge in [-0.05, 0) is 25.5 Å². The number of guanidine groups is 1. The largest absolute Gasteiger partial charge is 0.490 e. The number of nitrogens with zero attached hydrogens (tertiary/aromatic N) is 2. The fourth-order valence-electron chi connectivity index (χ4n) is 2.26. The van der Waals surface area contributed by atoms with Gasteiger partial charge in [0.25, 0.3) is 0 Å². The average molecular weight is 474 g/mol. The van der Waals surface area contributed by atoms with Crippen LogP contribution in [0.25, 0.3) is 0 Å². The van der Waals surface area contributed by atoms with Crippen LogP contribution in [0.1, 0.15) is 13.3 Å². The van der Waals surface area contributed by atoms with E-state index in [0.717, 1.165) is 25.5 Å². The van der Waals surface area contributed by atoms with Crippen LogP contribution in [0.5, 0.6) is 5.75 Å². The number of ether oxygens (including phenoxy) is 1. The molecule has 5 nitrogen and oxygen atoms in total. The minimum Gasteiger partial charge on any atom is -0.490 e. The molecule has 1 fully saturated rings. The highest BCUT2D eigenvalue weighted by atomic mass is 127. The van der Waals surface area contributed by atoms with Crippen molar-refractivity contribution in [3.05, 3.63) is 28.2 Å². The van der Waals surface area contributed by atoms with Gasteiger partial charge in [-0.3, -0.25) is 0 Å². The summed E-state index contributed by atoms with van der Waals surface area (Å²) in [5.74, 6) is 1.37. The number of hydrogen-bond donors (Lipinski definition) is 2. The molecular formula is C15H22Cl2IN3O2. The lowest BCUT2D eigenvalue weighted by Gasteiger charge is -2.20. The Labute approximate surface area is 164 Å². The van der Waals surface area contributed by atoms with Gasteiger partial charge in [0.1, 0.15) is 17.4 Å². The first-order chi connectivity index (χ1) is 10.6. The monoisotopic (exact) mass is 473 g/mol. The smallest absolute Gasteiger partial charge is 0.194 e. The summed E-state index contributed by atoms with van der Waals surface area (Å²) in [6, 6.07) is 5.29. The van der Waals surface area contributed by atoms with Gasteiger partial charge in [-0.1, -0.05) is 29.3 Å². The molecule has 130 valence electrons. The Bertz CT molecular complexity index is 531. The number of aliphatic hydroxyl groups is 1. The average Bonchev–Trinajstić information content (AvgIpc) is 2.93. The van der Waals surface area contributed by atoms with E-state index < -0.39 is 0 Å². The van der Waals surface area contributed by atoms with Gasteiger partial charge < -0.3 is 20.1 Å². The second-order valence-corrected chi connectivity index (χ2v) is 5.81. The Morgan fingerprint density at radius 2 is 2.26 bits per heavy atom. The van der Waals surface area contributed by atoms with Crippen LogP contribution in [-0.4, -0.2) is 54.9 Å². The second-order valence-electron chi connectivity index (χ2n) is 5.02. The van der Waals surface area contributed by atoms with E-state index >= 15 is 0 Å². The van der Waals surface area contributed by atoms with Gasteiger partial charge in [0.15, 0.2) is 5.96 Å². The van der Waals surface area contributed by atoms with Gasteiger partial charge >= 0.3 is 0 Å². The maximum Gasteiger partial charge on any atom is 0.194 e. The zero-order chi connectivity index (χ0) is 15.9. The summed E-state index contributed by atoms with van der Waals surface area (Å²) in [6.45, 7) is 5.14. The van der Waals surface area contributed by atoms with Gasteiger partial charge in [-0.2, -0.15) is 0 Å². The Morgan fingerprint density at radius 1 is 1.48 bits per heavy atom. The van der Waals surface area contributed by atoms with Crippen LogP contribution < -0.4 is 10.1 Å². The first kappa shape index (κ1) is 20.6. The van der Waals surface area contributed by atoms with Crippen LogP contribution in [0.4, 0.5) is 0 Å². The van der Waals surface area contributed by atoms with Crippen LogP contribution in [0.2, 0.25) is 10.0 Å². The Balaban J connectivity index is 0.00000264. The number of hydrogen-bond acceptors (Lipinski definition) is 3. The third kappa shape index (κ3) is 6.17. The number of rotatable bonds is 5. The van der Waals surface area contributed by atoms with Crippen molar-refractivity contribution in [2.75, 3.05) is 32.8 Å². The van der Waals surface area contributed by atoms with Crippen molar-refractivity contribution in [3.8, 4) is 5.75 Å². The van der Waals surface area contributed by atoms with Crippen molar-refractivity contribution in [1.29, 1.82) is 0 Å². The molecule has 2 N–H and O–H groups in total. The predicted molar refractivity (Wildman–Crippen MR) is 106 cm³/mol. The summed E-state index contributed by atoms with van der Waals surface area (Å²) >= 11 is 12.0. The van der Waals surface area contributed by atoms with E-state index in [1.165, 1.54) is 0 Å². The first-order valence-electron chi connectivity index (χ1n) is 7.40. The molecule has 0 aliphatic carbocycles. The maximum absolute atomic E-state index is 9.62. The molecule has 1 heterocycles. The molecule has 0 unspecified atom stereocenters. The van der Waals surface area contributed by atoms with E-state index in [9.17, 15) is 5.11 Å². The van der Waals surface area contributed by atoms with E-state index in [4.69, 9.17) is 27.9 Å². The molecule has 0 radical (unpaired) electrons. The lowest BCUT2D eigenvalue weighted by atomic mass is 10.3. The van der Waals surface area contributed by atoms with Crippen LogP contribution in [0, 0.1) is 0 Å². The Kier molecular flexibility index (Phi) is 9.34. The maximum atomic E-state index is 9.62. The minimum atomic E-state index is -0.273. The van der Waals surface area contributed by atoms with E-state index in [2.05, 4.69) is 15.2 Å². The second kappa shape index (κ2) is 10.4. The van der Waals surface area contributed by atoms with Gasteiger partial charge in [0.05, 0.1) is 17.7 Å². The van der Waals surface area contributed by atoms with Crippen LogP contribution in [0.15, 0.2) is 23.2 Å².